The summed E-state index contributed by atoms with van der Waals surface area (Å²) in [5.41, 5.74) is -0.190. The van der Waals surface area contributed by atoms with Gasteiger partial charge in [0, 0.05) is 6.07 Å². The Morgan fingerprint density at radius 1 is 1.40 bits per heavy atom. The van der Waals surface area contributed by atoms with Crippen molar-refractivity contribution in [2.75, 3.05) is 11.8 Å². The fourth-order valence-corrected chi connectivity index (χ4v) is 4.82. The van der Waals surface area contributed by atoms with Crippen molar-refractivity contribution < 1.29 is 17.5 Å². The normalized spacial score (nSPS) is 11.4. The summed E-state index contributed by atoms with van der Waals surface area (Å²) in [5, 5.41) is 0.279. The van der Waals surface area contributed by atoms with Gasteiger partial charge in [-0.2, -0.15) is 0 Å². The number of nitrogens with one attached hydrogen (secondary N) is 1. The zero-order valence-corrected chi connectivity index (χ0v) is 14.0. The third kappa shape index (κ3) is 3.25. The predicted molar refractivity (Wildman–Crippen MR) is 80.8 cm³/mol. The van der Waals surface area contributed by atoms with Crippen molar-refractivity contribution in [2.24, 2.45) is 0 Å². The molecule has 0 aliphatic carbocycles. The molecule has 0 aliphatic rings. The van der Waals surface area contributed by atoms with Crippen LogP contribution in [0.4, 0.5) is 10.1 Å². The van der Waals surface area contributed by atoms with Gasteiger partial charge in [0.25, 0.3) is 10.0 Å². The molecule has 0 aliphatic heterocycles. The van der Waals surface area contributed by atoms with E-state index in [1.165, 1.54) is 25.3 Å². The maximum atomic E-state index is 13.6. The van der Waals surface area contributed by atoms with Gasteiger partial charge >= 0.3 is 0 Å². The summed E-state index contributed by atoms with van der Waals surface area (Å²) in [6.07, 6.45) is 0. The number of halogens is 3. The summed E-state index contributed by atoms with van der Waals surface area (Å²) in [7, 11) is -2.50. The third-order valence-corrected chi connectivity index (χ3v) is 6.62. The number of thiophene rings is 1. The van der Waals surface area contributed by atoms with Crippen LogP contribution in [0.5, 0.6) is 5.75 Å². The van der Waals surface area contributed by atoms with E-state index in [0.29, 0.717) is 9.54 Å². The van der Waals surface area contributed by atoms with E-state index in [9.17, 15) is 12.8 Å². The highest BCUT2D eigenvalue weighted by Gasteiger charge is 2.20. The van der Waals surface area contributed by atoms with Crippen LogP contribution in [0.2, 0.25) is 5.02 Å². The van der Waals surface area contributed by atoms with Crippen LogP contribution in [0.3, 0.4) is 0 Å². The average molecular weight is 401 g/mol. The molecular weight excluding hydrogens is 393 g/mol. The molecule has 0 atom stereocenters. The van der Waals surface area contributed by atoms with Gasteiger partial charge in [0.2, 0.25) is 0 Å². The van der Waals surface area contributed by atoms with Gasteiger partial charge in [0.15, 0.2) is 0 Å². The average Bonchev–Trinajstić information content (AvgIpc) is 2.73. The molecule has 20 heavy (non-hydrogen) atoms. The second kappa shape index (κ2) is 5.88. The lowest BCUT2D eigenvalue weighted by Crippen LogP contribution is -2.12. The minimum atomic E-state index is -3.90. The fraction of sp³-hybridized carbons (Fsp3) is 0.0909. The summed E-state index contributed by atoms with van der Waals surface area (Å²) in [5.74, 6) is -0.356. The van der Waals surface area contributed by atoms with Gasteiger partial charge in [0.05, 0.1) is 21.6 Å². The molecule has 2 rings (SSSR count). The van der Waals surface area contributed by atoms with E-state index in [-0.39, 0.29) is 14.9 Å². The highest BCUT2D eigenvalue weighted by atomic mass is 79.9. The van der Waals surface area contributed by atoms with Crippen molar-refractivity contribution in [2.45, 2.75) is 4.21 Å². The summed E-state index contributed by atoms with van der Waals surface area (Å²) in [4.78, 5) is 0. The van der Waals surface area contributed by atoms with Crippen LogP contribution in [-0.2, 0) is 10.0 Å². The number of sulfonamides is 1. The molecule has 0 bridgehead atoms. The molecule has 9 heteroatoms. The largest absolute Gasteiger partial charge is 0.497 e. The highest BCUT2D eigenvalue weighted by molar-refractivity contribution is 9.11. The van der Waals surface area contributed by atoms with Gasteiger partial charge < -0.3 is 4.74 Å². The summed E-state index contributed by atoms with van der Waals surface area (Å²) in [6.45, 7) is 0. The van der Waals surface area contributed by atoms with Gasteiger partial charge in [-0.15, -0.1) is 11.3 Å². The Balaban J connectivity index is 2.37. The molecule has 1 N–H and O–H groups in total. The molecule has 0 fully saturated rings. The minimum absolute atomic E-state index is 0.0170. The molecule has 2 aromatic rings. The Labute approximate surface area is 132 Å². The first-order valence-electron chi connectivity index (χ1n) is 5.14. The number of hydrogen-bond acceptors (Lipinski definition) is 4. The second-order valence-electron chi connectivity index (χ2n) is 3.64. The third-order valence-electron chi connectivity index (χ3n) is 2.31. The summed E-state index contributed by atoms with van der Waals surface area (Å²) in [6, 6.07) is 5.06. The maximum absolute atomic E-state index is 13.6. The molecule has 1 heterocycles. The molecule has 108 valence electrons. The molecule has 0 spiro atoms. The molecule has 0 amide bonds. The molecule has 0 unspecified atom stereocenters. The van der Waals surface area contributed by atoms with Crippen LogP contribution in [0, 0.1) is 5.82 Å². The number of methoxy groups -OCH3 is 1. The van der Waals surface area contributed by atoms with Crippen molar-refractivity contribution in [1.82, 2.24) is 0 Å². The smallest absolute Gasteiger partial charge is 0.271 e. The van der Waals surface area contributed by atoms with Crippen LogP contribution in [0.25, 0.3) is 0 Å². The number of benzene rings is 1. The van der Waals surface area contributed by atoms with Crippen molar-refractivity contribution >= 4 is 54.6 Å². The van der Waals surface area contributed by atoms with Gasteiger partial charge in [-0.05, 0) is 34.1 Å². The Morgan fingerprint density at radius 3 is 2.65 bits per heavy atom. The van der Waals surface area contributed by atoms with Crippen LogP contribution in [0.15, 0.2) is 32.3 Å². The van der Waals surface area contributed by atoms with Crippen molar-refractivity contribution in [1.29, 1.82) is 0 Å². The predicted octanol–water partition coefficient (Wildman–Crippen LogP) is 4.11. The Bertz CT molecular complexity index is 729. The topological polar surface area (TPSA) is 55.4 Å². The first-order chi connectivity index (χ1) is 9.33. The Kier molecular flexibility index (Phi) is 4.58. The summed E-state index contributed by atoms with van der Waals surface area (Å²) < 4.78 is 45.5. The Morgan fingerprint density at radius 2 is 2.10 bits per heavy atom. The van der Waals surface area contributed by atoms with Crippen LogP contribution < -0.4 is 9.46 Å². The van der Waals surface area contributed by atoms with Crippen molar-refractivity contribution in [3.05, 3.63) is 38.9 Å². The van der Waals surface area contributed by atoms with Gasteiger partial charge in [-0.1, -0.05) is 11.6 Å². The molecule has 4 nitrogen and oxygen atoms in total. The SMILES string of the molecule is COc1ccc(F)c(NS(=O)(=O)c2cc(Cl)c(Br)s2)c1. The van der Waals surface area contributed by atoms with Crippen molar-refractivity contribution in [3.63, 3.8) is 0 Å². The van der Waals surface area contributed by atoms with Gasteiger partial charge in [-0.3, -0.25) is 4.72 Å². The molecular formula is C11H8BrClFNO3S2. The van der Waals surface area contributed by atoms with Gasteiger partial charge in [-0.25, -0.2) is 12.8 Å². The zero-order valence-electron chi connectivity index (χ0n) is 9.98. The van der Waals surface area contributed by atoms with Gasteiger partial charge in [0.1, 0.15) is 15.8 Å². The number of anilines is 1. The summed E-state index contributed by atoms with van der Waals surface area (Å²) >= 11 is 9.86. The molecule has 0 saturated heterocycles. The highest BCUT2D eigenvalue weighted by Crippen LogP contribution is 2.35. The molecule has 1 aromatic heterocycles. The van der Waals surface area contributed by atoms with Crippen LogP contribution in [0.1, 0.15) is 0 Å². The van der Waals surface area contributed by atoms with E-state index in [1.54, 1.807) is 0 Å². The second-order valence-corrected chi connectivity index (χ2v) is 8.32. The van der Waals surface area contributed by atoms with Crippen LogP contribution in [-0.4, -0.2) is 15.5 Å². The number of rotatable bonds is 4. The fourth-order valence-electron chi connectivity index (χ4n) is 1.36. The van der Waals surface area contributed by atoms with E-state index in [1.807, 2.05) is 0 Å². The zero-order chi connectivity index (χ0) is 14.9. The van der Waals surface area contributed by atoms with E-state index < -0.39 is 15.8 Å². The first-order valence-corrected chi connectivity index (χ1v) is 8.62. The lowest BCUT2D eigenvalue weighted by molar-refractivity contribution is 0.414. The Hall–Kier alpha value is -0.830. The quantitative estimate of drug-likeness (QED) is 0.840. The first kappa shape index (κ1) is 15.6. The monoisotopic (exact) mass is 399 g/mol. The van der Waals surface area contributed by atoms with E-state index in [2.05, 4.69) is 20.7 Å². The van der Waals surface area contributed by atoms with E-state index in [4.69, 9.17) is 16.3 Å². The lowest BCUT2D eigenvalue weighted by Gasteiger charge is -2.08. The molecule has 0 saturated carbocycles. The van der Waals surface area contributed by atoms with E-state index >= 15 is 0 Å². The number of ether oxygens (including phenoxy) is 1. The van der Waals surface area contributed by atoms with E-state index in [0.717, 1.165) is 17.4 Å². The molecule has 1 aromatic carbocycles. The number of hydrogen-bond donors (Lipinski definition) is 1. The minimum Gasteiger partial charge on any atom is -0.497 e. The maximum Gasteiger partial charge on any atom is 0.271 e. The van der Waals surface area contributed by atoms with Crippen LogP contribution >= 0.6 is 38.9 Å². The standard InChI is InChI=1S/C11H8BrClFNO3S2/c1-18-6-2-3-8(14)9(4-6)15-20(16,17)10-5-7(13)11(12)19-10/h2-5,15H,1H3. The molecule has 0 radical (unpaired) electrons. The lowest BCUT2D eigenvalue weighted by atomic mass is 10.3. The van der Waals surface area contributed by atoms with Crippen molar-refractivity contribution in [3.8, 4) is 5.75 Å².